The fourth-order valence-corrected chi connectivity index (χ4v) is 2.16. The van der Waals surface area contributed by atoms with Crippen LogP contribution in [0.1, 0.15) is 0 Å². The molecule has 0 radical (unpaired) electrons. The molecule has 1 amide bonds. The van der Waals surface area contributed by atoms with Crippen molar-refractivity contribution in [2.24, 2.45) is 0 Å². The lowest BCUT2D eigenvalue weighted by Crippen LogP contribution is -2.14. The Morgan fingerprint density at radius 1 is 1.59 bits per heavy atom. The Hall–Kier alpha value is -1.40. The predicted octanol–water partition coefficient (Wildman–Crippen LogP) is 3.22. The summed E-state index contributed by atoms with van der Waals surface area (Å²) in [5, 5.41) is 2.82. The molecule has 0 unspecified atom stereocenters. The number of nitrogens with one attached hydrogen (secondary N) is 1. The Labute approximate surface area is 105 Å². The van der Waals surface area contributed by atoms with Crippen LogP contribution in [-0.2, 0) is 4.74 Å². The van der Waals surface area contributed by atoms with Gasteiger partial charge in [-0.1, -0.05) is 11.3 Å². The zero-order chi connectivity index (χ0) is 12.3. The number of nitrogens with zero attached hydrogens (tertiary/aromatic N) is 1. The summed E-state index contributed by atoms with van der Waals surface area (Å²) >= 11 is 6.55. The molecule has 0 spiro atoms. The van der Waals surface area contributed by atoms with Crippen LogP contribution in [0.2, 0.25) is 0 Å². The number of benzene rings is 1. The number of hydrogen-bond acceptors (Lipinski definition) is 4. The zero-order valence-corrected chi connectivity index (χ0v) is 10.1. The fraction of sp³-hybridized carbons (Fsp3) is 0.200. The molecule has 0 aliphatic carbocycles. The minimum absolute atomic E-state index is 0.132. The second-order valence-corrected chi connectivity index (χ2v) is 4.49. The largest absolute Gasteiger partial charge is 0.448 e. The number of halogens is 2. The van der Waals surface area contributed by atoms with Gasteiger partial charge in [-0.3, -0.25) is 5.32 Å². The van der Waals surface area contributed by atoms with Crippen molar-refractivity contribution in [2.45, 2.75) is 0 Å². The second kappa shape index (κ2) is 5.29. The third-order valence-corrected chi connectivity index (χ3v) is 2.96. The maximum atomic E-state index is 12.9. The quantitative estimate of drug-likeness (QED) is 0.875. The average Bonchev–Trinajstić information content (AvgIpc) is 2.67. The van der Waals surface area contributed by atoms with Crippen molar-refractivity contribution in [3.63, 3.8) is 0 Å². The van der Waals surface area contributed by atoms with Crippen molar-refractivity contribution in [3.05, 3.63) is 24.0 Å². The summed E-state index contributed by atoms with van der Waals surface area (Å²) in [4.78, 5) is 15.3. The zero-order valence-electron chi connectivity index (χ0n) is 8.57. The maximum Gasteiger partial charge on any atom is 0.413 e. The first-order valence-electron chi connectivity index (χ1n) is 4.75. The monoisotopic (exact) mass is 274 g/mol. The number of fused-ring (bicyclic) bond motifs is 1. The van der Waals surface area contributed by atoms with E-state index in [2.05, 4.69) is 10.3 Å². The molecule has 0 fully saturated rings. The maximum absolute atomic E-state index is 12.9. The van der Waals surface area contributed by atoms with E-state index in [1.807, 2.05) is 0 Å². The molecule has 1 aromatic carbocycles. The standard InChI is InChI=1S/C10H8ClFN2O2S/c11-3-4-16-10(15)14-9-13-7-2-1-6(12)5-8(7)17-9/h1-2,5H,3-4H2,(H,13,14,15). The molecule has 0 aliphatic rings. The second-order valence-electron chi connectivity index (χ2n) is 3.08. The predicted molar refractivity (Wildman–Crippen MR) is 65.3 cm³/mol. The number of aromatic nitrogens is 1. The van der Waals surface area contributed by atoms with Gasteiger partial charge >= 0.3 is 6.09 Å². The molecule has 17 heavy (non-hydrogen) atoms. The van der Waals surface area contributed by atoms with Crippen LogP contribution < -0.4 is 5.32 Å². The Kier molecular flexibility index (Phi) is 3.75. The normalized spacial score (nSPS) is 10.5. The first-order valence-corrected chi connectivity index (χ1v) is 6.10. The minimum Gasteiger partial charge on any atom is -0.448 e. The highest BCUT2D eigenvalue weighted by atomic mass is 35.5. The van der Waals surface area contributed by atoms with E-state index in [9.17, 15) is 9.18 Å². The van der Waals surface area contributed by atoms with Gasteiger partial charge in [0.25, 0.3) is 0 Å². The number of rotatable bonds is 3. The Morgan fingerprint density at radius 3 is 3.18 bits per heavy atom. The van der Waals surface area contributed by atoms with E-state index < -0.39 is 6.09 Å². The molecular weight excluding hydrogens is 267 g/mol. The van der Waals surface area contributed by atoms with Crippen LogP contribution in [0, 0.1) is 5.82 Å². The van der Waals surface area contributed by atoms with Gasteiger partial charge < -0.3 is 4.74 Å². The Morgan fingerprint density at radius 2 is 2.41 bits per heavy atom. The van der Waals surface area contributed by atoms with E-state index in [0.29, 0.717) is 15.3 Å². The van der Waals surface area contributed by atoms with Gasteiger partial charge in [-0.15, -0.1) is 11.6 Å². The van der Waals surface area contributed by atoms with Gasteiger partial charge in [0.2, 0.25) is 0 Å². The van der Waals surface area contributed by atoms with Crippen LogP contribution in [0.25, 0.3) is 10.2 Å². The summed E-state index contributed by atoms with van der Waals surface area (Å²) in [6.45, 7) is 0.132. The minimum atomic E-state index is -0.620. The van der Waals surface area contributed by atoms with Crippen molar-refractivity contribution in [3.8, 4) is 0 Å². The lowest BCUT2D eigenvalue weighted by molar-refractivity contribution is 0.168. The summed E-state index contributed by atoms with van der Waals surface area (Å²) in [5.74, 6) is -0.101. The first-order chi connectivity index (χ1) is 8.19. The molecule has 1 aromatic heterocycles. The number of amides is 1. The molecule has 7 heteroatoms. The molecule has 2 rings (SSSR count). The van der Waals surface area contributed by atoms with Gasteiger partial charge in [-0.2, -0.15) is 0 Å². The van der Waals surface area contributed by atoms with Gasteiger partial charge in [-0.25, -0.2) is 14.2 Å². The van der Waals surface area contributed by atoms with E-state index in [1.54, 1.807) is 6.07 Å². The molecule has 90 valence electrons. The van der Waals surface area contributed by atoms with Gasteiger partial charge in [0.1, 0.15) is 12.4 Å². The molecule has 1 heterocycles. The molecule has 0 aliphatic heterocycles. The molecule has 1 N–H and O–H groups in total. The lowest BCUT2D eigenvalue weighted by atomic mass is 10.3. The van der Waals surface area contributed by atoms with Crippen molar-refractivity contribution >= 4 is 44.4 Å². The van der Waals surface area contributed by atoms with Crippen molar-refractivity contribution in [1.82, 2.24) is 4.98 Å². The van der Waals surface area contributed by atoms with Crippen LogP contribution >= 0.6 is 22.9 Å². The van der Waals surface area contributed by atoms with E-state index >= 15 is 0 Å². The highest BCUT2D eigenvalue weighted by Crippen LogP contribution is 2.26. The van der Waals surface area contributed by atoms with Gasteiger partial charge in [0, 0.05) is 0 Å². The molecule has 2 aromatic rings. The number of carbonyl (C=O) groups excluding carboxylic acids is 1. The Balaban J connectivity index is 2.11. The molecule has 0 atom stereocenters. The van der Waals surface area contributed by atoms with Crippen LogP contribution in [0.15, 0.2) is 18.2 Å². The summed E-state index contributed by atoms with van der Waals surface area (Å²) in [5.41, 5.74) is 0.629. The number of ether oxygens (including phenoxy) is 1. The lowest BCUT2D eigenvalue weighted by Gasteiger charge is -2.01. The highest BCUT2D eigenvalue weighted by Gasteiger charge is 2.08. The van der Waals surface area contributed by atoms with Crippen molar-refractivity contribution in [1.29, 1.82) is 0 Å². The topological polar surface area (TPSA) is 51.2 Å². The van der Waals surface area contributed by atoms with Crippen LogP contribution in [0.4, 0.5) is 14.3 Å². The van der Waals surface area contributed by atoms with Gasteiger partial charge in [0.05, 0.1) is 16.1 Å². The number of anilines is 1. The van der Waals surface area contributed by atoms with Crippen molar-refractivity contribution in [2.75, 3.05) is 17.8 Å². The number of alkyl halides is 1. The molecule has 4 nitrogen and oxygen atoms in total. The number of carbonyl (C=O) groups is 1. The van der Waals surface area contributed by atoms with E-state index in [4.69, 9.17) is 16.3 Å². The third-order valence-electron chi connectivity index (χ3n) is 1.87. The summed E-state index contributed by atoms with van der Waals surface area (Å²) in [7, 11) is 0. The number of hydrogen-bond donors (Lipinski definition) is 1. The van der Waals surface area contributed by atoms with Gasteiger partial charge in [-0.05, 0) is 18.2 Å². The fourth-order valence-electron chi connectivity index (χ4n) is 1.21. The molecule has 0 saturated heterocycles. The Bertz CT molecular complexity index is 546. The van der Waals surface area contributed by atoms with E-state index in [-0.39, 0.29) is 18.3 Å². The summed E-state index contributed by atoms with van der Waals surface area (Å²) in [6.07, 6.45) is -0.620. The van der Waals surface area contributed by atoms with Gasteiger partial charge in [0.15, 0.2) is 5.13 Å². The third kappa shape index (κ3) is 3.04. The average molecular weight is 275 g/mol. The SMILES string of the molecule is O=C(Nc1nc2ccc(F)cc2s1)OCCCl. The van der Waals surface area contributed by atoms with Crippen LogP contribution in [0.3, 0.4) is 0 Å². The van der Waals surface area contributed by atoms with Crippen LogP contribution in [-0.4, -0.2) is 23.6 Å². The summed E-state index contributed by atoms with van der Waals surface area (Å²) in [6, 6.07) is 4.23. The smallest absolute Gasteiger partial charge is 0.413 e. The van der Waals surface area contributed by atoms with Crippen molar-refractivity contribution < 1.29 is 13.9 Å². The molecular formula is C10H8ClFN2O2S. The number of thiazole rings is 1. The summed E-state index contributed by atoms with van der Waals surface area (Å²) < 4.78 is 18.3. The van der Waals surface area contributed by atoms with Crippen LogP contribution in [0.5, 0.6) is 0 Å². The van der Waals surface area contributed by atoms with E-state index in [1.165, 1.54) is 23.5 Å². The molecule has 0 saturated carbocycles. The molecule has 0 bridgehead atoms. The highest BCUT2D eigenvalue weighted by molar-refractivity contribution is 7.22. The first kappa shape index (κ1) is 12.1. The van der Waals surface area contributed by atoms with E-state index in [0.717, 1.165) is 0 Å².